The molecule has 9 heavy (non-hydrogen) atoms. The molecule has 0 fully saturated rings. The average molecular weight is 153 g/mol. The van der Waals surface area contributed by atoms with Gasteiger partial charge in [-0.05, 0) is 13.5 Å². The van der Waals surface area contributed by atoms with Gasteiger partial charge in [0, 0.05) is 0 Å². The average Bonchev–Trinajstić information content (AvgIpc) is 1.67. The van der Waals surface area contributed by atoms with Crippen LogP contribution < -0.4 is 11.1 Å². The van der Waals surface area contributed by atoms with Gasteiger partial charge in [0.1, 0.15) is 0 Å². The van der Waals surface area contributed by atoms with Gasteiger partial charge in [-0.25, -0.2) is 0 Å². The number of likely N-dealkylation sites (N-methyl/N-ethyl adjacent to an activating group) is 1. The highest BCUT2D eigenvalue weighted by Gasteiger charge is 2.03. The summed E-state index contributed by atoms with van der Waals surface area (Å²) in [7, 11) is 0. The molecule has 3 nitrogen and oxygen atoms in total. The van der Waals surface area contributed by atoms with E-state index >= 15 is 0 Å². The molecule has 0 aliphatic rings. The molecule has 4 heteroatoms. The van der Waals surface area contributed by atoms with Gasteiger partial charge in [0.05, 0.1) is 6.04 Å². The van der Waals surface area contributed by atoms with E-state index in [0.717, 1.165) is 6.54 Å². The van der Waals surface area contributed by atoms with E-state index in [0.29, 0.717) is 0 Å². The fourth-order valence-corrected chi connectivity index (χ4v) is 0.407. The molecule has 0 heterocycles. The molecular formula is C5H13ClN2O. The Kier molecular flexibility index (Phi) is 7.48. The molecule has 0 aromatic heterocycles. The molecule has 0 saturated heterocycles. The summed E-state index contributed by atoms with van der Waals surface area (Å²) in [5.74, 6) is -0.299. The van der Waals surface area contributed by atoms with Crippen LogP contribution in [0.3, 0.4) is 0 Å². The molecule has 1 atom stereocenters. The molecule has 1 unspecified atom stereocenters. The number of nitrogens with two attached hydrogens (primary N) is 1. The molecule has 0 aromatic rings. The van der Waals surface area contributed by atoms with Crippen molar-refractivity contribution in [1.82, 2.24) is 5.32 Å². The van der Waals surface area contributed by atoms with Crippen molar-refractivity contribution in [2.75, 3.05) is 6.54 Å². The molecule has 0 bridgehead atoms. The first-order valence-corrected chi connectivity index (χ1v) is 2.71. The summed E-state index contributed by atoms with van der Waals surface area (Å²) < 4.78 is 0. The lowest BCUT2D eigenvalue weighted by molar-refractivity contribution is -0.119. The molecule has 0 aliphatic carbocycles. The van der Waals surface area contributed by atoms with Crippen molar-refractivity contribution in [3.8, 4) is 0 Å². The number of halogens is 1. The van der Waals surface area contributed by atoms with Gasteiger partial charge in [-0.2, -0.15) is 0 Å². The van der Waals surface area contributed by atoms with Gasteiger partial charge in [0.25, 0.3) is 0 Å². The first-order valence-electron chi connectivity index (χ1n) is 2.71. The summed E-state index contributed by atoms with van der Waals surface area (Å²) in [6.45, 7) is 4.45. The van der Waals surface area contributed by atoms with Crippen molar-refractivity contribution in [1.29, 1.82) is 0 Å². The number of rotatable bonds is 3. The smallest absolute Gasteiger partial charge is 0.234 e. The van der Waals surface area contributed by atoms with E-state index < -0.39 is 0 Å². The van der Waals surface area contributed by atoms with Crippen molar-refractivity contribution in [2.24, 2.45) is 5.73 Å². The van der Waals surface area contributed by atoms with Gasteiger partial charge < -0.3 is 11.1 Å². The minimum absolute atomic E-state index is 0. The van der Waals surface area contributed by atoms with Crippen LogP contribution in [0.15, 0.2) is 0 Å². The molecule has 3 N–H and O–H groups in total. The topological polar surface area (TPSA) is 55.1 Å². The lowest BCUT2D eigenvalue weighted by Crippen LogP contribution is -2.38. The number of carbonyl (C=O) groups excluding carboxylic acids is 1. The normalized spacial score (nSPS) is 11.8. The molecule has 0 rings (SSSR count). The number of hydrogen-bond donors (Lipinski definition) is 2. The quantitative estimate of drug-likeness (QED) is 0.593. The van der Waals surface area contributed by atoms with Crippen LogP contribution in [0.2, 0.25) is 0 Å². The minimum atomic E-state index is -0.299. The van der Waals surface area contributed by atoms with Crippen LogP contribution in [-0.2, 0) is 4.79 Å². The van der Waals surface area contributed by atoms with Crippen LogP contribution in [0.5, 0.6) is 0 Å². The second kappa shape index (κ2) is 5.85. The molecule has 0 saturated carbocycles. The van der Waals surface area contributed by atoms with E-state index in [1.54, 1.807) is 6.92 Å². The lowest BCUT2D eigenvalue weighted by atomic mass is 10.3. The SMILES string of the molecule is CCNC(C)C(N)=O.Cl. The minimum Gasteiger partial charge on any atom is -0.368 e. The Hall–Kier alpha value is -0.280. The Labute approximate surface area is 61.4 Å². The first-order chi connectivity index (χ1) is 3.68. The van der Waals surface area contributed by atoms with Gasteiger partial charge in [0.15, 0.2) is 0 Å². The van der Waals surface area contributed by atoms with Gasteiger partial charge in [-0.3, -0.25) is 4.79 Å². The molecule has 0 spiro atoms. The van der Waals surface area contributed by atoms with Gasteiger partial charge >= 0.3 is 0 Å². The lowest BCUT2D eigenvalue weighted by Gasteiger charge is -2.05. The fourth-order valence-electron chi connectivity index (χ4n) is 0.407. The molecule has 0 radical (unpaired) electrons. The van der Waals surface area contributed by atoms with E-state index in [1.807, 2.05) is 6.92 Å². The molecule has 1 amide bonds. The van der Waals surface area contributed by atoms with Crippen molar-refractivity contribution in [3.05, 3.63) is 0 Å². The van der Waals surface area contributed by atoms with Crippen molar-refractivity contribution in [2.45, 2.75) is 19.9 Å². The molecule has 56 valence electrons. The number of primary amides is 1. The highest BCUT2D eigenvalue weighted by Crippen LogP contribution is 1.74. The standard InChI is InChI=1S/C5H12N2O.ClH/c1-3-7-4(2)5(6)8;/h4,7H,3H2,1-2H3,(H2,6,8);1H. The maximum Gasteiger partial charge on any atom is 0.234 e. The van der Waals surface area contributed by atoms with E-state index in [1.165, 1.54) is 0 Å². The van der Waals surface area contributed by atoms with E-state index in [4.69, 9.17) is 5.73 Å². The number of carbonyl (C=O) groups is 1. The second-order valence-corrected chi connectivity index (χ2v) is 1.68. The maximum atomic E-state index is 10.2. The Bertz CT molecular complexity index is 87.0. The number of amides is 1. The van der Waals surface area contributed by atoms with Crippen LogP contribution >= 0.6 is 12.4 Å². The van der Waals surface area contributed by atoms with Crippen molar-refractivity contribution in [3.63, 3.8) is 0 Å². The van der Waals surface area contributed by atoms with E-state index in [-0.39, 0.29) is 24.4 Å². The van der Waals surface area contributed by atoms with E-state index in [2.05, 4.69) is 5.32 Å². The van der Waals surface area contributed by atoms with Gasteiger partial charge in [-0.15, -0.1) is 12.4 Å². The van der Waals surface area contributed by atoms with Crippen molar-refractivity contribution >= 4 is 18.3 Å². The zero-order valence-electron chi connectivity index (χ0n) is 5.68. The summed E-state index contributed by atoms with van der Waals surface area (Å²) in [5.41, 5.74) is 4.92. The van der Waals surface area contributed by atoms with Crippen LogP contribution in [0.1, 0.15) is 13.8 Å². The Morgan fingerprint density at radius 2 is 2.22 bits per heavy atom. The highest BCUT2D eigenvalue weighted by atomic mass is 35.5. The number of hydrogen-bond acceptors (Lipinski definition) is 2. The zero-order valence-corrected chi connectivity index (χ0v) is 6.49. The van der Waals surface area contributed by atoms with Crippen LogP contribution in [0.4, 0.5) is 0 Å². The first kappa shape index (κ1) is 11.5. The summed E-state index contributed by atoms with van der Waals surface area (Å²) in [5, 5.41) is 2.87. The third kappa shape index (κ3) is 5.59. The van der Waals surface area contributed by atoms with Gasteiger partial charge in [0.2, 0.25) is 5.91 Å². The molecular weight excluding hydrogens is 140 g/mol. The van der Waals surface area contributed by atoms with Crippen LogP contribution in [-0.4, -0.2) is 18.5 Å². The molecule has 0 aromatic carbocycles. The largest absolute Gasteiger partial charge is 0.368 e. The number of nitrogens with one attached hydrogen (secondary N) is 1. The third-order valence-electron chi connectivity index (χ3n) is 0.937. The second-order valence-electron chi connectivity index (χ2n) is 1.68. The summed E-state index contributed by atoms with van der Waals surface area (Å²) in [4.78, 5) is 10.2. The predicted octanol–water partition coefficient (Wildman–Crippen LogP) is -0.109. The third-order valence-corrected chi connectivity index (χ3v) is 0.937. The van der Waals surface area contributed by atoms with Gasteiger partial charge in [-0.1, -0.05) is 6.92 Å². The Balaban J connectivity index is 0. The maximum absolute atomic E-state index is 10.2. The highest BCUT2D eigenvalue weighted by molar-refractivity contribution is 5.85. The zero-order chi connectivity index (χ0) is 6.57. The van der Waals surface area contributed by atoms with Crippen LogP contribution in [0, 0.1) is 0 Å². The predicted molar refractivity (Wildman–Crippen MR) is 39.6 cm³/mol. The fraction of sp³-hybridized carbons (Fsp3) is 0.800. The Morgan fingerprint density at radius 1 is 1.78 bits per heavy atom. The van der Waals surface area contributed by atoms with Crippen LogP contribution in [0.25, 0.3) is 0 Å². The summed E-state index contributed by atoms with van der Waals surface area (Å²) >= 11 is 0. The van der Waals surface area contributed by atoms with E-state index in [9.17, 15) is 4.79 Å². The Morgan fingerprint density at radius 3 is 2.33 bits per heavy atom. The summed E-state index contributed by atoms with van der Waals surface area (Å²) in [6.07, 6.45) is 0. The summed E-state index contributed by atoms with van der Waals surface area (Å²) in [6, 6.07) is -0.194. The monoisotopic (exact) mass is 152 g/mol. The molecule has 0 aliphatic heterocycles. The van der Waals surface area contributed by atoms with Crippen molar-refractivity contribution < 1.29 is 4.79 Å².